The van der Waals surface area contributed by atoms with E-state index >= 15 is 0 Å². The van der Waals surface area contributed by atoms with E-state index in [1.54, 1.807) is 0 Å². The minimum atomic E-state index is -3.36. The Hall–Kier alpha value is -1.44. The Morgan fingerprint density at radius 2 is 1.80 bits per heavy atom. The molecule has 0 bridgehead atoms. The van der Waals surface area contributed by atoms with E-state index in [-0.39, 0.29) is 30.0 Å². The van der Waals surface area contributed by atoms with E-state index in [0.717, 1.165) is 11.1 Å². The Kier molecular flexibility index (Phi) is 6.98. The summed E-state index contributed by atoms with van der Waals surface area (Å²) in [7, 11) is -3.36. The first-order chi connectivity index (χ1) is 11.8. The van der Waals surface area contributed by atoms with Crippen molar-refractivity contribution in [3.63, 3.8) is 0 Å². The van der Waals surface area contributed by atoms with Gasteiger partial charge in [-0.15, -0.1) is 0 Å². The summed E-state index contributed by atoms with van der Waals surface area (Å²) in [5.74, 6) is -0.376. The Balaban J connectivity index is 1.94. The SMILES string of the molecule is Cc1ccc(C(C(=O)NCCS(=O)(=O)N2CCOCC2)C(C)C)cc1. The van der Waals surface area contributed by atoms with E-state index in [9.17, 15) is 13.2 Å². The average Bonchev–Trinajstić information content (AvgIpc) is 2.57. The summed E-state index contributed by atoms with van der Waals surface area (Å²) in [5.41, 5.74) is 2.09. The predicted molar refractivity (Wildman–Crippen MR) is 97.9 cm³/mol. The van der Waals surface area contributed by atoms with Crippen LogP contribution in [0.1, 0.15) is 30.9 Å². The van der Waals surface area contributed by atoms with Gasteiger partial charge < -0.3 is 10.1 Å². The van der Waals surface area contributed by atoms with E-state index in [1.165, 1.54) is 4.31 Å². The summed E-state index contributed by atoms with van der Waals surface area (Å²) in [6.45, 7) is 7.73. The van der Waals surface area contributed by atoms with E-state index in [1.807, 2.05) is 45.0 Å². The van der Waals surface area contributed by atoms with Gasteiger partial charge in [0, 0.05) is 19.6 Å². The monoisotopic (exact) mass is 368 g/mol. The first kappa shape index (κ1) is 19.9. The van der Waals surface area contributed by atoms with E-state index in [2.05, 4.69) is 5.32 Å². The number of ether oxygens (including phenoxy) is 1. The zero-order chi connectivity index (χ0) is 18.4. The molecule has 0 spiro atoms. The molecule has 1 fully saturated rings. The Labute approximate surface area is 150 Å². The number of morpholine rings is 1. The van der Waals surface area contributed by atoms with E-state index in [0.29, 0.717) is 26.3 Å². The second-order valence-electron chi connectivity index (χ2n) is 6.75. The highest BCUT2D eigenvalue weighted by Gasteiger charge is 2.26. The molecular formula is C18H28N2O4S. The third-order valence-corrected chi connectivity index (χ3v) is 6.28. The Morgan fingerprint density at radius 1 is 1.20 bits per heavy atom. The fourth-order valence-corrected chi connectivity index (χ4v) is 4.30. The lowest BCUT2D eigenvalue weighted by Crippen LogP contribution is -2.44. The molecule has 2 rings (SSSR count). The summed E-state index contributed by atoms with van der Waals surface area (Å²) < 4.78 is 31.2. The Morgan fingerprint density at radius 3 is 2.36 bits per heavy atom. The van der Waals surface area contributed by atoms with Gasteiger partial charge in [0.2, 0.25) is 15.9 Å². The van der Waals surface area contributed by atoms with Crippen molar-refractivity contribution in [2.24, 2.45) is 5.92 Å². The quantitative estimate of drug-likeness (QED) is 0.792. The lowest BCUT2D eigenvalue weighted by Gasteiger charge is -2.26. The van der Waals surface area contributed by atoms with Crippen LogP contribution >= 0.6 is 0 Å². The number of carbonyl (C=O) groups is 1. The number of rotatable bonds is 7. The molecule has 0 aliphatic carbocycles. The second kappa shape index (κ2) is 8.78. The number of nitrogens with zero attached hydrogens (tertiary/aromatic N) is 1. The standard InChI is InChI=1S/C18H28N2O4S/c1-14(2)17(16-6-4-15(3)5-7-16)18(21)19-8-13-25(22,23)20-9-11-24-12-10-20/h4-7,14,17H,8-13H2,1-3H3,(H,19,21). The molecule has 1 aliphatic rings. The van der Waals surface area contributed by atoms with Crippen LogP contribution in [0.15, 0.2) is 24.3 Å². The van der Waals surface area contributed by atoms with Crippen molar-refractivity contribution in [1.29, 1.82) is 0 Å². The van der Waals surface area contributed by atoms with Crippen molar-refractivity contribution < 1.29 is 17.9 Å². The highest BCUT2D eigenvalue weighted by atomic mass is 32.2. The number of carbonyl (C=O) groups excluding carboxylic acids is 1. The van der Waals surface area contributed by atoms with Gasteiger partial charge in [-0.25, -0.2) is 8.42 Å². The lowest BCUT2D eigenvalue weighted by atomic mass is 9.87. The molecule has 0 aromatic heterocycles. The Bertz CT molecular complexity index is 665. The molecule has 7 heteroatoms. The van der Waals surface area contributed by atoms with Crippen LogP contribution in [0.25, 0.3) is 0 Å². The van der Waals surface area contributed by atoms with Gasteiger partial charge in [-0.1, -0.05) is 43.7 Å². The fraction of sp³-hybridized carbons (Fsp3) is 0.611. The molecule has 1 aromatic rings. The van der Waals surface area contributed by atoms with Crippen molar-refractivity contribution in [3.8, 4) is 0 Å². The van der Waals surface area contributed by atoms with Crippen LogP contribution in [-0.4, -0.2) is 57.2 Å². The number of sulfonamides is 1. The second-order valence-corrected chi connectivity index (χ2v) is 8.84. The zero-order valence-electron chi connectivity index (χ0n) is 15.2. The number of hydrogen-bond donors (Lipinski definition) is 1. The maximum Gasteiger partial charge on any atom is 0.227 e. The van der Waals surface area contributed by atoms with Gasteiger partial charge in [0.05, 0.1) is 24.9 Å². The maximum atomic E-state index is 12.6. The topological polar surface area (TPSA) is 75.7 Å². The molecule has 1 aliphatic heterocycles. The molecule has 1 saturated heterocycles. The predicted octanol–water partition coefficient (Wildman–Crippen LogP) is 1.51. The van der Waals surface area contributed by atoms with Gasteiger partial charge in [-0.05, 0) is 18.4 Å². The molecule has 6 nitrogen and oxygen atoms in total. The number of aryl methyl sites for hydroxylation is 1. The molecule has 1 amide bonds. The molecule has 1 aromatic carbocycles. The minimum absolute atomic E-state index is 0.0859. The van der Waals surface area contributed by atoms with Gasteiger partial charge in [-0.2, -0.15) is 4.31 Å². The van der Waals surface area contributed by atoms with Crippen molar-refractivity contribution in [2.75, 3.05) is 38.6 Å². The average molecular weight is 368 g/mol. The third kappa shape index (κ3) is 5.52. The summed E-state index contributed by atoms with van der Waals surface area (Å²) in [6.07, 6.45) is 0. The normalized spacial score (nSPS) is 17.4. The van der Waals surface area contributed by atoms with Crippen LogP contribution in [0, 0.1) is 12.8 Å². The van der Waals surface area contributed by atoms with Crippen LogP contribution < -0.4 is 5.32 Å². The summed E-state index contributed by atoms with van der Waals surface area (Å²) in [4.78, 5) is 12.6. The molecule has 1 N–H and O–H groups in total. The van der Waals surface area contributed by atoms with Gasteiger partial charge >= 0.3 is 0 Å². The molecule has 1 unspecified atom stereocenters. The summed E-state index contributed by atoms with van der Waals surface area (Å²) >= 11 is 0. The number of hydrogen-bond acceptors (Lipinski definition) is 4. The van der Waals surface area contributed by atoms with Crippen LogP contribution in [0.3, 0.4) is 0 Å². The molecular weight excluding hydrogens is 340 g/mol. The fourth-order valence-electron chi connectivity index (χ4n) is 2.98. The molecule has 25 heavy (non-hydrogen) atoms. The number of amides is 1. The maximum absolute atomic E-state index is 12.6. The largest absolute Gasteiger partial charge is 0.379 e. The van der Waals surface area contributed by atoms with Crippen LogP contribution in [0.2, 0.25) is 0 Å². The van der Waals surface area contributed by atoms with Gasteiger partial charge in [0.1, 0.15) is 0 Å². The van der Waals surface area contributed by atoms with Crippen molar-refractivity contribution in [1.82, 2.24) is 9.62 Å². The van der Waals surface area contributed by atoms with E-state index in [4.69, 9.17) is 4.74 Å². The number of benzene rings is 1. The summed E-state index contributed by atoms with van der Waals surface area (Å²) in [5, 5.41) is 2.80. The molecule has 1 atom stereocenters. The van der Waals surface area contributed by atoms with Crippen molar-refractivity contribution in [3.05, 3.63) is 35.4 Å². The van der Waals surface area contributed by atoms with Crippen molar-refractivity contribution >= 4 is 15.9 Å². The lowest BCUT2D eigenvalue weighted by molar-refractivity contribution is -0.123. The molecule has 0 radical (unpaired) electrons. The molecule has 1 heterocycles. The highest BCUT2D eigenvalue weighted by Crippen LogP contribution is 2.25. The van der Waals surface area contributed by atoms with Crippen LogP contribution in [0.4, 0.5) is 0 Å². The van der Waals surface area contributed by atoms with Gasteiger partial charge in [-0.3, -0.25) is 4.79 Å². The van der Waals surface area contributed by atoms with Gasteiger partial charge in [0.15, 0.2) is 0 Å². The zero-order valence-corrected chi connectivity index (χ0v) is 16.0. The van der Waals surface area contributed by atoms with Gasteiger partial charge in [0.25, 0.3) is 0 Å². The van der Waals surface area contributed by atoms with Crippen molar-refractivity contribution in [2.45, 2.75) is 26.7 Å². The van der Waals surface area contributed by atoms with E-state index < -0.39 is 10.0 Å². The summed E-state index contributed by atoms with van der Waals surface area (Å²) in [6, 6.07) is 7.90. The van der Waals surface area contributed by atoms with Crippen LogP contribution in [0.5, 0.6) is 0 Å². The van der Waals surface area contributed by atoms with Crippen LogP contribution in [-0.2, 0) is 19.6 Å². The number of nitrogens with one attached hydrogen (secondary N) is 1. The smallest absolute Gasteiger partial charge is 0.227 e. The first-order valence-electron chi connectivity index (χ1n) is 8.71. The highest BCUT2D eigenvalue weighted by molar-refractivity contribution is 7.89. The molecule has 0 saturated carbocycles. The third-order valence-electron chi connectivity index (χ3n) is 4.41. The molecule has 140 valence electrons. The first-order valence-corrected chi connectivity index (χ1v) is 10.3. The minimum Gasteiger partial charge on any atom is -0.379 e.